The number of amides is 1. The van der Waals surface area contributed by atoms with Gasteiger partial charge >= 0.3 is 6.01 Å². The molecule has 2 heterocycles. The third-order valence-corrected chi connectivity index (χ3v) is 2.73. The number of nitrogens with one attached hydrogen (secondary N) is 1. The van der Waals surface area contributed by atoms with Gasteiger partial charge in [0.05, 0.1) is 5.69 Å². The topological polar surface area (TPSA) is 112 Å². The lowest BCUT2D eigenvalue weighted by atomic mass is 10.3. The summed E-state index contributed by atoms with van der Waals surface area (Å²) in [6.07, 6.45) is 1.68. The summed E-state index contributed by atoms with van der Waals surface area (Å²) in [6.45, 7) is 1.66. The smallest absolute Gasteiger partial charge is 0.328 e. The summed E-state index contributed by atoms with van der Waals surface area (Å²) in [6, 6.07) is 8.78. The van der Waals surface area contributed by atoms with Crippen LogP contribution >= 0.6 is 0 Å². The second-order valence-electron chi connectivity index (χ2n) is 4.34. The molecule has 8 heteroatoms. The van der Waals surface area contributed by atoms with Crippen LogP contribution < -0.4 is 11.1 Å². The molecule has 3 aromatic rings. The maximum absolute atomic E-state index is 12.0. The highest BCUT2D eigenvalue weighted by molar-refractivity contribution is 6.01. The van der Waals surface area contributed by atoms with Crippen LogP contribution in [0.5, 0.6) is 0 Å². The zero-order valence-corrected chi connectivity index (χ0v) is 11.1. The van der Waals surface area contributed by atoms with E-state index in [2.05, 4.69) is 20.6 Å². The van der Waals surface area contributed by atoms with Gasteiger partial charge in [-0.2, -0.15) is 10.1 Å². The SMILES string of the molecule is Cc1noc(NC(=O)c2ccn(-c3ccc(N)cc3)n2)n1. The third kappa shape index (κ3) is 2.73. The number of carbonyl (C=O) groups is 1. The van der Waals surface area contributed by atoms with Crippen molar-refractivity contribution in [3.05, 3.63) is 48.0 Å². The van der Waals surface area contributed by atoms with Crippen LogP contribution in [0.3, 0.4) is 0 Å². The van der Waals surface area contributed by atoms with E-state index in [-0.39, 0.29) is 11.7 Å². The molecule has 0 spiro atoms. The summed E-state index contributed by atoms with van der Waals surface area (Å²) in [7, 11) is 0. The summed E-state index contributed by atoms with van der Waals surface area (Å²) in [5.41, 5.74) is 7.33. The maximum Gasteiger partial charge on any atom is 0.328 e. The fourth-order valence-electron chi connectivity index (χ4n) is 1.72. The first-order valence-electron chi connectivity index (χ1n) is 6.15. The van der Waals surface area contributed by atoms with Crippen LogP contribution in [0.2, 0.25) is 0 Å². The molecule has 0 bridgehead atoms. The number of anilines is 2. The number of rotatable bonds is 3. The van der Waals surface area contributed by atoms with Gasteiger partial charge in [-0.25, -0.2) is 4.68 Å². The highest BCUT2D eigenvalue weighted by Crippen LogP contribution is 2.11. The minimum atomic E-state index is -0.423. The minimum absolute atomic E-state index is 0.0412. The molecule has 0 saturated carbocycles. The van der Waals surface area contributed by atoms with Gasteiger partial charge in [0, 0.05) is 11.9 Å². The van der Waals surface area contributed by atoms with Crippen LogP contribution in [0.4, 0.5) is 11.7 Å². The Balaban J connectivity index is 1.78. The lowest BCUT2D eigenvalue weighted by molar-refractivity contribution is 0.101. The Kier molecular flexibility index (Phi) is 3.11. The van der Waals surface area contributed by atoms with E-state index in [4.69, 9.17) is 10.3 Å². The largest absolute Gasteiger partial charge is 0.399 e. The Hall–Kier alpha value is -3.16. The Morgan fingerprint density at radius 2 is 2.05 bits per heavy atom. The van der Waals surface area contributed by atoms with Gasteiger partial charge in [-0.1, -0.05) is 5.16 Å². The van der Waals surface area contributed by atoms with Crippen LogP contribution in [-0.2, 0) is 0 Å². The monoisotopic (exact) mass is 284 g/mol. The standard InChI is InChI=1S/C13H12N6O2/c1-8-15-13(21-18-8)16-12(20)11-6-7-19(17-11)10-4-2-9(14)3-5-10/h2-7H,14H2,1H3,(H,15,16,18,20). The first-order chi connectivity index (χ1) is 10.1. The normalized spacial score (nSPS) is 10.5. The number of hydrogen-bond acceptors (Lipinski definition) is 6. The lowest BCUT2D eigenvalue weighted by Gasteiger charge is -2.01. The van der Waals surface area contributed by atoms with Crippen LogP contribution in [0.25, 0.3) is 5.69 Å². The van der Waals surface area contributed by atoms with Crippen molar-refractivity contribution in [3.63, 3.8) is 0 Å². The van der Waals surface area contributed by atoms with Gasteiger partial charge in [-0.05, 0) is 37.3 Å². The van der Waals surface area contributed by atoms with Gasteiger partial charge in [0.25, 0.3) is 5.91 Å². The molecule has 0 aliphatic rings. The van der Waals surface area contributed by atoms with Crippen molar-refractivity contribution in [1.82, 2.24) is 19.9 Å². The highest BCUT2D eigenvalue weighted by atomic mass is 16.5. The molecule has 106 valence electrons. The molecular weight excluding hydrogens is 272 g/mol. The Morgan fingerprint density at radius 3 is 2.71 bits per heavy atom. The molecule has 1 amide bonds. The Labute approximate surface area is 119 Å². The molecule has 3 N–H and O–H groups in total. The summed E-state index contributed by atoms with van der Waals surface area (Å²) < 4.78 is 6.40. The Bertz CT molecular complexity index is 774. The zero-order valence-electron chi connectivity index (χ0n) is 11.1. The molecule has 0 unspecified atom stereocenters. The van der Waals surface area contributed by atoms with Gasteiger partial charge in [0.2, 0.25) is 0 Å². The molecule has 0 atom stereocenters. The molecule has 0 radical (unpaired) electrons. The lowest BCUT2D eigenvalue weighted by Crippen LogP contribution is -2.13. The van der Waals surface area contributed by atoms with Gasteiger partial charge in [-0.15, -0.1) is 0 Å². The van der Waals surface area contributed by atoms with Gasteiger partial charge in [0.15, 0.2) is 11.5 Å². The van der Waals surface area contributed by atoms with Crippen molar-refractivity contribution >= 4 is 17.6 Å². The fourth-order valence-corrected chi connectivity index (χ4v) is 1.72. The van der Waals surface area contributed by atoms with E-state index < -0.39 is 5.91 Å². The summed E-state index contributed by atoms with van der Waals surface area (Å²) in [5.74, 6) is 0.0190. The van der Waals surface area contributed by atoms with E-state index in [1.165, 1.54) is 0 Å². The molecule has 8 nitrogen and oxygen atoms in total. The number of hydrogen-bond donors (Lipinski definition) is 2. The quantitative estimate of drug-likeness (QED) is 0.703. The Morgan fingerprint density at radius 1 is 1.29 bits per heavy atom. The molecule has 2 aromatic heterocycles. The zero-order chi connectivity index (χ0) is 14.8. The van der Waals surface area contributed by atoms with Gasteiger partial charge in [-0.3, -0.25) is 10.1 Å². The van der Waals surface area contributed by atoms with Gasteiger partial charge < -0.3 is 10.3 Å². The van der Waals surface area contributed by atoms with Gasteiger partial charge in [0.1, 0.15) is 0 Å². The predicted molar refractivity (Wildman–Crippen MR) is 75.0 cm³/mol. The average Bonchev–Trinajstić information content (AvgIpc) is 3.09. The van der Waals surface area contributed by atoms with E-state index >= 15 is 0 Å². The fraction of sp³-hybridized carbons (Fsp3) is 0.0769. The molecule has 0 aliphatic carbocycles. The maximum atomic E-state index is 12.0. The van der Waals surface area contributed by atoms with Crippen LogP contribution in [0.1, 0.15) is 16.3 Å². The molecule has 0 saturated heterocycles. The number of aryl methyl sites for hydroxylation is 1. The first kappa shape index (κ1) is 12.9. The van der Waals surface area contributed by atoms with Crippen LogP contribution in [0.15, 0.2) is 41.1 Å². The molecular formula is C13H12N6O2. The number of carbonyl (C=O) groups excluding carboxylic acids is 1. The predicted octanol–water partition coefficient (Wildman–Crippen LogP) is 1.40. The molecule has 1 aromatic carbocycles. The molecule has 0 aliphatic heterocycles. The number of nitrogens with two attached hydrogens (primary N) is 1. The summed E-state index contributed by atoms with van der Waals surface area (Å²) in [5, 5.41) is 10.3. The molecule has 3 rings (SSSR count). The van der Waals surface area contributed by atoms with E-state index in [0.717, 1.165) is 5.69 Å². The van der Waals surface area contributed by atoms with Crippen molar-refractivity contribution in [3.8, 4) is 5.69 Å². The summed E-state index contributed by atoms with van der Waals surface area (Å²) in [4.78, 5) is 15.9. The van der Waals surface area contributed by atoms with Crippen molar-refractivity contribution in [1.29, 1.82) is 0 Å². The third-order valence-electron chi connectivity index (χ3n) is 2.73. The second-order valence-corrected chi connectivity index (χ2v) is 4.34. The van der Waals surface area contributed by atoms with Crippen molar-refractivity contribution in [2.75, 3.05) is 11.1 Å². The number of nitrogen functional groups attached to an aromatic ring is 1. The van der Waals surface area contributed by atoms with Crippen molar-refractivity contribution in [2.24, 2.45) is 0 Å². The van der Waals surface area contributed by atoms with Crippen LogP contribution in [-0.4, -0.2) is 25.8 Å². The second kappa shape index (κ2) is 5.08. The highest BCUT2D eigenvalue weighted by Gasteiger charge is 2.13. The van der Waals surface area contributed by atoms with Crippen molar-refractivity contribution in [2.45, 2.75) is 6.92 Å². The van der Waals surface area contributed by atoms with E-state index in [1.54, 1.807) is 36.0 Å². The van der Waals surface area contributed by atoms with Crippen molar-refractivity contribution < 1.29 is 9.32 Å². The number of nitrogens with zero attached hydrogens (tertiary/aromatic N) is 4. The van der Waals surface area contributed by atoms with E-state index in [1.807, 2.05) is 12.1 Å². The molecule has 0 fully saturated rings. The minimum Gasteiger partial charge on any atom is -0.399 e. The van der Waals surface area contributed by atoms with E-state index in [0.29, 0.717) is 11.5 Å². The average molecular weight is 284 g/mol. The first-order valence-corrected chi connectivity index (χ1v) is 6.15. The van der Waals surface area contributed by atoms with Crippen LogP contribution in [0, 0.1) is 6.92 Å². The number of aromatic nitrogens is 4. The summed E-state index contributed by atoms with van der Waals surface area (Å²) >= 11 is 0. The number of benzene rings is 1. The molecule has 21 heavy (non-hydrogen) atoms. The van der Waals surface area contributed by atoms with E-state index in [9.17, 15) is 4.79 Å².